The van der Waals surface area contributed by atoms with Crippen LogP contribution in [0.1, 0.15) is 24.4 Å². The molecule has 1 aliphatic rings. The molecule has 0 radical (unpaired) electrons. The smallest absolute Gasteiger partial charge is 0.127 e. The molecule has 1 aliphatic heterocycles. The number of nitrogens with one attached hydrogen (secondary N) is 1. The van der Waals surface area contributed by atoms with Crippen molar-refractivity contribution >= 4 is 11.0 Å². The Morgan fingerprint density at radius 3 is 2.86 bits per heavy atom. The third-order valence-corrected chi connectivity index (χ3v) is 4.24. The Labute approximate surface area is 125 Å². The maximum atomic E-state index is 9.15. The maximum absolute atomic E-state index is 9.15. The number of imidazole rings is 1. The van der Waals surface area contributed by atoms with E-state index < -0.39 is 0 Å². The van der Waals surface area contributed by atoms with Crippen molar-refractivity contribution in [2.24, 2.45) is 0 Å². The number of aryl methyl sites for hydroxylation is 1. The molecule has 0 amide bonds. The zero-order valence-electron chi connectivity index (χ0n) is 12.6. The summed E-state index contributed by atoms with van der Waals surface area (Å²) in [5, 5.41) is 12.5. The van der Waals surface area contributed by atoms with Gasteiger partial charge in [0, 0.05) is 26.2 Å². The maximum Gasteiger partial charge on any atom is 0.127 e. The first-order valence-electron chi connectivity index (χ1n) is 7.49. The number of benzene rings is 1. The largest absolute Gasteiger partial charge is 0.314 e. The minimum absolute atomic E-state index is 0.230. The van der Waals surface area contributed by atoms with Crippen molar-refractivity contribution in [3.05, 3.63) is 29.6 Å². The number of rotatable bonds is 3. The zero-order valence-corrected chi connectivity index (χ0v) is 12.6. The molecule has 1 N–H and O–H groups in total. The van der Waals surface area contributed by atoms with E-state index in [-0.39, 0.29) is 6.04 Å². The first kappa shape index (κ1) is 14.1. The van der Waals surface area contributed by atoms with Crippen LogP contribution in [0.4, 0.5) is 0 Å². The summed E-state index contributed by atoms with van der Waals surface area (Å²) in [5.74, 6) is 0.999. The second-order valence-electron chi connectivity index (χ2n) is 5.67. The molecule has 1 aromatic carbocycles. The molecule has 2 heterocycles. The van der Waals surface area contributed by atoms with Gasteiger partial charge in [-0.05, 0) is 31.5 Å². The van der Waals surface area contributed by atoms with Crippen molar-refractivity contribution in [2.75, 3.05) is 26.2 Å². The Kier molecular flexibility index (Phi) is 3.91. The number of fused-ring (bicyclic) bond motifs is 1. The molecule has 1 unspecified atom stereocenters. The van der Waals surface area contributed by atoms with E-state index in [0.717, 1.165) is 43.0 Å². The number of hydrogen-bond acceptors (Lipinski definition) is 4. The predicted molar refractivity (Wildman–Crippen MR) is 82.9 cm³/mol. The second kappa shape index (κ2) is 5.84. The van der Waals surface area contributed by atoms with Crippen LogP contribution in [0.15, 0.2) is 18.2 Å². The Balaban J connectivity index is 2.03. The predicted octanol–water partition coefficient (Wildman–Crippen LogP) is 1.83. The van der Waals surface area contributed by atoms with Crippen LogP contribution < -0.4 is 5.32 Å². The molecule has 1 aromatic heterocycles. The SMILES string of the molecule is Cc1ccc2c(c1)nc(C(C)N1CCNCC1)n2CC#N. The fourth-order valence-corrected chi connectivity index (χ4v) is 3.05. The summed E-state index contributed by atoms with van der Waals surface area (Å²) < 4.78 is 2.06. The highest BCUT2D eigenvalue weighted by molar-refractivity contribution is 5.77. The molecule has 1 fully saturated rings. The van der Waals surface area contributed by atoms with Gasteiger partial charge < -0.3 is 9.88 Å². The van der Waals surface area contributed by atoms with Crippen molar-refractivity contribution in [3.8, 4) is 6.07 Å². The van der Waals surface area contributed by atoms with E-state index in [1.54, 1.807) is 0 Å². The molecular formula is C16H21N5. The third kappa shape index (κ3) is 2.65. The van der Waals surface area contributed by atoms with Gasteiger partial charge in [-0.1, -0.05) is 6.07 Å². The van der Waals surface area contributed by atoms with Crippen molar-refractivity contribution < 1.29 is 0 Å². The summed E-state index contributed by atoms with van der Waals surface area (Å²) in [4.78, 5) is 7.25. The van der Waals surface area contributed by atoms with Gasteiger partial charge in [-0.25, -0.2) is 4.98 Å². The van der Waals surface area contributed by atoms with Gasteiger partial charge in [-0.15, -0.1) is 0 Å². The molecule has 0 aliphatic carbocycles. The average molecular weight is 283 g/mol. The van der Waals surface area contributed by atoms with Gasteiger partial charge in [-0.3, -0.25) is 4.90 Å². The molecule has 5 heteroatoms. The molecular weight excluding hydrogens is 262 g/mol. The second-order valence-corrected chi connectivity index (χ2v) is 5.67. The zero-order chi connectivity index (χ0) is 14.8. The summed E-state index contributed by atoms with van der Waals surface area (Å²) in [6.45, 7) is 8.69. The average Bonchev–Trinajstić information content (AvgIpc) is 2.85. The molecule has 2 aromatic rings. The fraction of sp³-hybridized carbons (Fsp3) is 0.500. The van der Waals surface area contributed by atoms with Crippen molar-refractivity contribution in [3.63, 3.8) is 0 Å². The molecule has 0 saturated carbocycles. The summed E-state index contributed by atoms with van der Waals surface area (Å²) >= 11 is 0. The summed E-state index contributed by atoms with van der Waals surface area (Å²) in [6, 6.07) is 8.74. The molecule has 21 heavy (non-hydrogen) atoms. The lowest BCUT2D eigenvalue weighted by molar-refractivity contribution is 0.177. The van der Waals surface area contributed by atoms with Crippen LogP contribution in [0, 0.1) is 18.3 Å². The molecule has 1 saturated heterocycles. The molecule has 0 spiro atoms. The van der Waals surface area contributed by atoms with Crippen LogP contribution in [0.25, 0.3) is 11.0 Å². The van der Waals surface area contributed by atoms with Crippen LogP contribution >= 0.6 is 0 Å². The highest BCUT2D eigenvalue weighted by Gasteiger charge is 2.23. The summed E-state index contributed by atoms with van der Waals surface area (Å²) in [5.41, 5.74) is 3.24. The van der Waals surface area contributed by atoms with Crippen molar-refractivity contribution in [2.45, 2.75) is 26.4 Å². The van der Waals surface area contributed by atoms with E-state index in [9.17, 15) is 0 Å². The van der Waals surface area contributed by atoms with Crippen LogP contribution in [-0.4, -0.2) is 40.6 Å². The lowest BCUT2D eigenvalue weighted by Gasteiger charge is -2.32. The van der Waals surface area contributed by atoms with E-state index >= 15 is 0 Å². The van der Waals surface area contributed by atoms with Crippen LogP contribution in [0.5, 0.6) is 0 Å². The molecule has 5 nitrogen and oxygen atoms in total. The Hall–Kier alpha value is -1.90. The van der Waals surface area contributed by atoms with E-state index in [1.165, 1.54) is 5.56 Å². The van der Waals surface area contributed by atoms with Gasteiger partial charge in [0.15, 0.2) is 0 Å². The number of aromatic nitrogens is 2. The number of nitriles is 1. The van der Waals surface area contributed by atoms with Gasteiger partial charge in [-0.2, -0.15) is 5.26 Å². The van der Waals surface area contributed by atoms with Gasteiger partial charge in [0.05, 0.1) is 23.1 Å². The number of nitrogens with zero attached hydrogens (tertiary/aromatic N) is 4. The van der Waals surface area contributed by atoms with Crippen LogP contribution in [0.2, 0.25) is 0 Å². The minimum atomic E-state index is 0.230. The Morgan fingerprint density at radius 1 is 1.38 bits per heavy atom. The number of piperazine rings is 1. The fourth-order valence-electron chi connectivity index (χ4n) is 3.05. The number of hydrogen-bond donors (Lipinski definition) is 1. The van der Waals surface area contributed by atoms with Gasteiger partial charge in [0.2, 0.25) is 0 Å². The van der Waals surface area contributed by atoms with Gasteiger partial charge in [0.1, 0.15) is 12.4 Å². The first-order valence-corrected chi connectivity index (χ1v) is 7.49. The highest BCUT2D eigenvalue weighted by Crippen LogP contribution is 2.25. The standard InChI is InChI=1S/C16H21N5/c1-12-3-4-15-14(11-12)19-16(21(15)8-5-17)13(2)20-9-6-18-7-10-20/h3-4,11,13,18H,6-10H2,1-2H3. The highest BCUT2D eigenvalue weighted by atomic mass is 15.2. The van der Waals surface area contributed by atoms with Gasteiger partial charge in [0.25, 0.3) is 0 Å². The quantitative estimate of drug-likeness (QED) is 0.934. The molecule has 0 bridgehead atoms. The molecule has 3 rings (SSSR count). The summed E-state index contributed by atoms with van der Waals surface area (Å²) in [7, 11) is 0. The molecule has 1 atom stereocenters. The first-order chi connectivity index (χ1) is 10.2. The van der Waals surface area contributed by atoms with E-state index in [0.29, 0.717) is 6.54 Å². The van der Waals surface area contributed by atoms with E-state index in [4.69, 9.17) is 10.2 Å². The lowest BCUT2D eigenvalue weighted by Crippen LogP contribution is -2.45. The third-order valence-electron chi connectivity index (χ3n) is 4.24. The van der Waals surface area contributed by atoms with Crippen molar-refractivity contribution in [1.82, 2.24) is 19.8 Å². The topological polar surface area (TPSA) is 56.9 Å². The molecule has 110 valence electrons. The van der Waals surface area contributed by atoms with Crippen molar-refractivity contribution in [1.29, 1.82) is 5.26 Å². The van der Waals surface area contributed by atoms with E-state index in [1.807, 2.05) is 0 Å². The Bertz CT molecular complexity index is 676. The van der Waals surface area contributed by atoms with Crippen LogP contribution in [-0.2, 0) is 6.54 Å². The van der Waals surface area contributed by atoms with Gasteiger partial charge >= 0.3 is 0 Å². The lowest BCUT2D eigenvalue weighted by atomic mass is 10.2. The summed E-state index contributed by atoms with van der Waals surface area (Å²) in [6.07, 6.45) is 0. The van der Waals surface area contributed by atoms with Crippen LogP contribution in [0.3, 0.4) is 0 Å². The Morgan fingerprint density at radius 2 is 2.14 bits per heavy atom. The minimum Gasteiger partial charge on any atom is -0.314 e. The normalized spacial score (nSPS) is 17.8. The van der Waals surface area contributed by atoms with E-state index in [2.05, 4.69) is 52.9 Å². The monoisotopic (exact) mass is 283 g/mol.